The lowest BCUT2D eigenvalue weighted by atomic mass is 10.00. The third-order valence-corrected chi connectivity index (χ3v) is 3.91. The minimum Gasteiger partial charge on any atom is -0.481 e. The molecule has 0 aromatic heterocycles. The van der Waals surface area contributed by atoms with Crippen LogP contribution in [0.25, 0.3) is 0 Å². The fourth-order valence-electron chi connectivity index (χ4n) is 1.46. The Morgan fingerprint density at radius 2 is 2.06 bits per heavy atom. The van der Waals surface area contributed by atoms with Gasteiger partial charge >= 0.3 is 5.97 Å². The summed E-state index contributed by atoms with van der Waals surface area (Å²) in [5, 5.41) is 8.53. The highest BCUT2D eigenvalue weighted by Gasteiger charge is 2.36. The normalized spacial score (nSPS) is 18.7. The summed E-state index contributed by atoms with van der Waals surface area (Å²) in [4.78, 5) is 10.4. The first-order valence-corrected chi connectivity index (χ1v) is 6.72. The smallest absolute Gasteiger partial charge is 0.303 e. The number of nitrogens with one attached hydrogen (secondary N) is 1. The van der Waals surface area contributed by atoms with Crippen molar-refractivity contribution in [1.29, 1.82) is 0 Å². The predicted octanol–water partition coefficient (Wildman–Crippen LogP) is -0.117. The molecule has 1 rings (SSSR count). The minimum absolute atomic E-state index is 0.0379. The van der Waals surface area contributed by atoms with E-state index in [1.54, 1.807) is 0 Å². The van der Waals surface area contributed by atoms with Gasteiger partial charge in [0.1, 0.15) is 0 Å². The second-order valence-corrected chi connectivity index (χ2v) is 6.28. The fraction of sp³-hybridized carbons (Fsp3) is 0.889. The molecule has 0 amide bonds. The molecule has 0 aliphatic carbocycles. The van der Waals surface area contributed by atoms with Gasteiger partial charge in [-0.2, -0.15) is 12.7 Å². The zero-order valence-electron chi connectivity index (χ0n) is 9.51. The second kappa shape index (κ2) is 5.11. The van der Waals surface area contributed by atoms with Crippen LogP contribution in [-0.4, -0.2) is 43.4 Å². The summed E-state index contributed by atoms with van der Waals surface area (Å²) in [5.41, 5.74) is 0. The van der Waals surface area contributed by atoms with Gasteiger partial charge in [0.25, 0.3) is 10.2 Å². The minimum atomic E-state index is -3.40. The van der Waals surface area contributed by atoms with Crippen molar-refractivity contribution < 1.29 is 18.3 Å². The molecular weight excluding hydrogens is 232 g/mol. The van der Waals surface area contributed by atoms with Crippen LogP contribution in [0.1, 0.15) is 20.3 Å². The molecule has 0 aromatic carbocycles. The molecule has 0 atom stereocenters. The quantitative estimate of drug-likeness (QED) is 0.688. The predicted molar refractivity (Wildman–Crippen MR) is 59.1 cm³/mol. The first kappa shape index (κ1) is 13.4. The van der Waals surface area contributed by atoms with Gasteiger partial charge in [-0.05, 0) is 11.8 Å². The maximum absolute atomic E-state index is 11.6. The summed E-state index contributed by atoms with van der Waals surface area (Å²) in [6.45, 7) is 4.86. The molecule has 7 heteroatoms. The van der Waals surface area contributed by atoms with Crippen LogP contribution >= 0.6 is 0 Å². The molecule has 0 radical (unpaired) electrons. The molecule has 1 saturated heterocycles. The second-order valence-electron chi connectivity index (χ2n) is 4.53. The number of hydrogen-bond acceptors (Lipinski definition) is 3. The highest BCUT2D eigenvalue weighted by atomic mass is 32.2. The van der Waals surface area contributed by atoms with Crippen molar-refractivity contribution in [3.8, 4) is 0 Å². The topological polar surface area (TPSA) is 86.7 Å². The van der Waals surface area contributed by atoms with Gasteiger partial charge in [0.2, 0.25) is 0 Å². The van der Waals surface area contributed by atoms with Gasteiger partial charge < -0.3 is 5.11 Å². The molecule has 0 saturated carbocycles. The van der Waals surface area contributed by atoms with E-state index in [0.29, 0.717) is 19.6 Å². The van der Waals surface area contributed by atoms with E-state index in [0.717, 1.165) is 0 Å². The summed E-state index contributed by atoms with van der Waals surface area (Å²) in [6, 6.07) is 0. The molecule has 16 heavy (non-hydrogen) atoms. The Morgan fingerprint density at radius 3 is 2.50 bits per heavy atom. The molecule has 0 unspecified atom stereocenters. The van der Waals surface area contributed by atoms with Crippen LogP contribution in [0.3, 0.4) is 0 Å². The van der Waals surface area contributed by atoms with Crippen LogP contribution in [0.15, 0.2) is 0 Å². The van der Waals surface area contributed by atoms with Crippen LogP contribution in [0.5, 0.6) is 0 Å². The Morgan fingerprint density at radius 1 is 1.50 bits per heavy atom. The number of nitrogens with zero attached hydrogens (tertiary/aromatic N) is 1. The van der Waals surface area contributed by atoms with Gasteiger partial charge in [-0.15, -0.1) is 0 Å². The summed E-state index contributed by atoms with van der Waals surface area (Å²) in [7, 11) is -3.40. The third-order valence-electron chi connectivity index (χ3n) is 2.40. The zero-order valence-corrected chi connectivity index (χ0v) is 10.3. The van der Waals surface area contributed by atoms with Crippen LogP contribution in [0.2, 0.25) is 0 Å². The Bertz CT molecular complexity index is 347. The number of hydrogen-bond donors (Lipinski definition) is 2. The van der Waals surface area contributed by atoms with E-state index in [-0.39, 0.29) is 18.3 Å². The molecule has 1 heterocycles. The highest BCUT2D eigenvalue weighted by molar-refractivity contribution is 7.87. The van der Waals surface area contributed by atoms with Crippen molar-refractivity contribution in [2.45, 2.75) is 20.3 Å². The lowest BCUT2D eigenvalue weighted by molar-refractivity contribution is -0.139. The monoisotopic (exact) mass is 250 g/mol. The van der Waals surface area contributed by atoms with E-state index in [2.05, 4.69) is 4.72 Å². The Labute approximate surface area is 95.8 Å². The third kappa shape index (κ3) is 3.73. The molecule has 2 N–H and O–H groups in total. The highest BCUT2D eigenvalue weighted by Crippen LogP contribution is 2.21. The van der Waals surface area contributed by atoms with Gasteiger partial charge in [0.15, 0.2) is 0 Å². The van der Waals surface area contributed by atoms with Crippen molar-refractivity contribution in [2.75, 3.05) is 19.6 Å². The van der Waals surface area contributed by atoms with E-state index in [4.69, 9.17) is 5.11 Å². The summed E-state index contributed by atoms with van der Waals surface area (Å²) in [6.07, 6.45) is 0.0379. The fourth-order valence-corrected chi connectivity index (χ4v) is 3.00. The van der Waals surface area contributed by atoms with E-state index in [1.165, 1.54) is 4.31 Å². The number of aliphatic carboxylic acids is 1. The Balaban J connectivity index is 2.35. The molecule has 1 aliphatic heterocycles. The Kier molecular flexibility index (Phi) is 4.28. The Hall–Kier alpha value is -0.660. The number of carboxylic acid groups (broad SMARTS) is 1. The zero-order chi connectivity index (χ0) is 12.3. The summed E-state index contributed by atoms with van der Waals surface area (Å²) < 4.78 is 27.0. The molecule has 6 nitrogen and oxygen atoms in total. The van der Waals surface area contributed by atoms with Crippen LogP contribution in [0, 0.1) is 11.8 Å². The lowest BCUT2D eigenvalue weighted by Gasteiger charge is -2.37. The summed E-state index contributed by atoms with van der Waals surface area (Å²) >= 11 is 0. The van der Waals surface area contributed by atoms with Gasteiger partial charge in [0.05, 0.1) is 6.42 Å². The molecular formula is C9H18N2O4S. The van der Waals surface area contributed by atoms with Gasteiger partial charge in [-0.25, -0.2) is 4.72 Å². The van der Waals surface area contributed by atoms with E-state index in [9.17, 15) is 13.2 Å². The average molecular weight is 250 g/mol. The van der Waals surface area contributed by atoms with Crippen LogP contribution < -0.4 is 4.72 Å². The van der Waals surface area contributed by atoms with Gasteiger partial charge in [0, 0.05) is 19.6 Å². The van der Waals surface area contributed by atoms with Crippen LogP contribution in [-0.2, 0) is 15.0 Å². The van der Waals surface area contributed by atoms with Crippen LogP contribution in [0.4, 0.5) is 0 Å². The van der Waals surface area contributed by atoms with Crippen molar-refractivity contribution in [2.24, 2.45) is 11.8 Å². The molecule has 1 fully saturated rings. The molecule has 0 aromatic rings. The van der Waals surface area contributed by atoms with Gasteiger partial charge in [-0.1, -0.05) is 13.8 Å². The molecule has 94 valence electrons. The SMILES string of the molecule is CC(C)CNS(=O)(=O)N1CC(CC(=O)O)C1. The largest absolute Gasteiger partial charge is 0.481 e. The van der Waals surface area contributed by atoms with E-state index in [1.807, 2.05) is 13.8 Å². The number of carboxylic acids is 1. The molecule has 0 spiro atoms. The maximum Gasteiger partial charge on any atom is 0.303 e. The summed E-state index contributed by atoms with van der Waals surface area (Å²) in [5.74, 6) is -0.670. The van der Waals surface area contributed by atoms with E-state index < -0.39 is 16.2 Å². The average Bonchev–Trinajstić information content (AvgIpc) is 2.07. The molecule has 0 bridgehead atoms. The first-order valence-electron chi connectivity index (χ1n) is 5.28. The first-order chi connectivity index (χ1) is 7.31. The van der Waals surface area contributed by atoms with Crippen molar-refractivity contribution >= 4 is 16.2 Å². The van der Waals surface area contributed by atoms with Gasteiger partial charge in [-0.3, -0.25) is 4.79 Å². The number of rotatable bonds is 6. The maximum atomic E-state index is 11.6. The van der Waals surface area contributed by atoms with Crippen molar-refractivity contribution in [1.82, 2.24) is 9.03 Å². The van der Waals surface area contributed by atoms with E-state index >= 15 is 0 Å². The lowest BCUT2D eigenvalue weighted by Crippen LogP contribution is -2.54. The van der Waals surface area contributed by atoms with Crippen molar-refractivity contribution in [3.05, 3.63) is 0 Å². The number of carbonyl (C=O) groups is 1. The molecule has 1 aliphatic rings. The van der Waals surface area contributed by atoms with Crippen molar-refractivity contribution in [3.63, 3.8) is 0 Å². The standard InChI is InChI=1S/C9H18N2O4S/c1-7(2)4-10-16(14,15)11-5-8(6-11)3-9(12)13/h7-8,10H,3-6H2,1-2H3,(H,12,13).